The Morgan fingerprint density at radius 2 is 1.97 bits per heavy atom. The van der Waals surface area contributed by atoms with E-state index < -0.39 is 11.4 Å². The second kappa shape index (κ2) is 8.62. The summed E-state index contributed by atoms with van der Waals surface area (Å²) in [5.41, 5.74) is 2.11. The third-order valence-electron chi connectivity index (χ3n) is 5.72. The SMILES string of the molecule is CC(C)(C)OC(=O)N1CCC(c2ccc3ccn(Cc4ccc(C#N)cc4F)c3n2)CC1. The lowest BCUT2D eigenvalue weighted by atomic mass is 9.93. The predicted octanol–water partition coefficient (Wildman–Crippen LogP) is 5.21. The highest BCUT2D eigenvalue weighted by Gasteiger charge is 2.28. The standard InChI is InChI=1S/C25H27FN4O2/c1-25(2,3)32-24(31)29-11-8-18(9-12-29)22-7-6-19-10-13-30(23(19)28-22)16-20-5-4-17(15-27)14-21(20)26/h4-7,10,13-14,18H,8-9,11-12,16H2,1-3H3. The molecule has 1 amide bonds. The predicted molar refractivity (Wildman–Crippen MR) is 120 cm³/mol. The number of nitriles is 1. The van der Waals surface area contributed by atoms with Gasteiger partial charge in [-0.25, -0.2) is 14.2 Å². The summed E-state index contributed by atoms with van der Waals surface area (Å²) in [7, 11) is 0. The Labute approximate surface area is 187 Å². The number of carbonyl (C=O) groups excluding carboxylic acids is 1. The van der Waals surface area contributed by atoms with Gasteiger partial charge >= 0.3 is 6.09 Å². The van der Waals surface area contributed by atoms with Crippen molar-refractivity contribution in [3.63, 3.8) is 0 Å². The number of ether oxygens (including phenoxy) is 1. The van der Waals surface area contributed by atoms with E-state index in [2.05, 4.69) is 0 Å². The van der Waals surface area contributed by atoms with Gasteiger partial charge in [0.1, 0.15) is 17.1 Å². The zero-order valence-electron chi connectivity index (χ0n) is 18.6. The quantitative estimate of drug-likeness (QED) is 0.567. The molecule has 0 unspecified atom stereocenters. The lowest BCUT2D eigenvalue weighted by molar-refractivity contribution is 0.0204. The fourth-order valence-corrected chi connectivity index (χ4v) is 4.04. The fraction of sp³-hybridized carbons (Fsp3) is 0.400. The van der Waals surface area contributed by atoms with Gasteiger partial charge in [0.2, 0.25) is 0 Å². The van der Waals surface area contributed by atoms with Crippen molar-refractivity contribution in [2.24, 2.45) is 0 Å². The molecular weight excluding hydrogens is 407 g/mol. The first-order valence-electron chi connectivity index (χ1n) is 10.9. The molecule has 1 aromatic carbocycles. The molecule has 0 atom stereocenters. The maximum atomic E-state index is 14.4. The molecule has 4 rings (SSSR count). The minimum absolute atomic E-state index is 0.257. The Balaban J connectivity index is 1.49. The van der Waals surface area contributed by atoms with E-state index in [4.69, 9.17) is 15.0 Å². The number of hydrogen-bond donors (Lipinski definition) is 0. The number of fused-ring (bicyclic) bond motifs is 1. The van der Waals surface area contributed by atoms with Gasteiger partial charge in [-0.1, -0.05) is 6.07 Å². The number of carbonyl (C=O) groups is 1. The summed E-state index contributed by atoms with van der Waals surface area (Å²) in [6.07, 6.45) is 3.29. The van der Waals surface area contributed by atoms with Gasteiger partial charge in [0, 0.05) is 41.8 Å². The largest absolute Gasteiger partial charge is 0.444 e. The van der Waals surface area contributed by atoms with E-state index in [9.17, 15) is 9.18 Å². The van der Waals surface area contributed by atoms with Crippen molar-refractivity contribution in [2.45, 2.75) is 51.7 Å². The molecule has 0 N–H and O–H groups in total. The first-order valence-corrected chi connectivity index (χ1v) is 10.9. The monoisotopic (exact) mass is 434 g/mol. The number of amides is 1. The van der Waals surface area contributed by atoms with Crippen molar-refractivity contribution in [1.29, 1.82) is 5.26 Å². The van der Waals surface area contributed by atoms with Crippen LogP contribution in [0.3, 0.4) is 0 Å². The smallest absolute Gasteiger partial charge is 0.410 e. The zero-order chi connectivity index (χ0) is 22.9. The third-order valence-corrected chi connectivity index (χ3v) is 5.72. The molecule has 32 heavy (non-hydrogen) atoms. The van der Waals surface area contributed by atoms with Gasteiger partial charge in [0.05, 0.1) is 18.2 Å². The second-order valence-corrected chi connectivity index (χ2v) is 9.25. The fourth-order valence-electron chi connectivity index (χ4n) is 4.04. The number of hydrogen-bond acceptors (Lipinski definition) is 4. The molecule has 0 radical (unpaired) electrons. The molecular formula is C25H27FN4O2. The highest BCUT2D eigenvalue weighted by Crippen LogP contribution is 2.29. The van der Waals surface area contributed by atoms with Gasteiger partial charge in [-0.05, 0) is 63.9 Å². The first-order chi connectivity index (χ1) is 15.2. The summed E-state index contributed by atoms with van der Waals surface area (Å²) in [5.74, 6) is -0.135. The number of aromatic nitrogens is 2. The van der Waals surface area contributed by atoms with Crippen LogP contribution in [0.2, 0.25) is 0 Å². The molecule has 0 spiro atoms. The van der Waals surface area contributed by atoms with Crippen molar-refractivity contribution in [3.8, 4) is 6.07 Å². The minimum Gasteiger partial charge on any atom is -0.444 e. The van der Waals surface area contributed by atoms with Crippen LogP contribution in [0, 0.1) is 17.1 Å². The summed E-state index contributed by atoms with van der Waals surface area (Å²) < 4.78 is 21.8. The number of rotatable bonds is 3. The average molecular weight is 435 g/mol. The molecule has 6 nitrogen and oxygen atoms in total. The lowest BCUT2D eigenvalue weighted by Crippen LogP contribution is -2.41. The zero-order valence-corrected chi connectivity index (χ0v) is 18.6. The van der Waals surface area contributed by atoms with Crippen molar-refractivity contribution in [2.75, 3.05) is 13.1 Å². The Morgan fingerprint density at radius 3 is 2.62 bits per heavy atom. The van der Waals surface area contributed by atoms with Crippen LogP contribution in [0.4, 0.5) is 9.18 Å². The van der Waals surface area contributed by atoms with Gasteiger partial charge in [-0.2, -0.15) is 5.26 Å². The maximum Gasteiger partial charge on any atom is 0.410 e. The van der Waals surface area contributed by atoms with E-state index in [0.29, 0.717) is 30.8 Å². The molecule has 7 heteroatoms. The summed E-state index contributed by atoms with van der Waals surface area (Å²) in [5, 5.41) is 9.94. The summed E-state index contributed by atoms with van der Waals surface area (Å²) in [6.45, 7) is 7.23. The number of pyridine rings is 1. The summed E-state index contributed by atoms with van der Waals surface area (Å²) in [6, 6.07) is 12.6. The molecule has 1 saturated heterocycles. The highest BCUT2D eigenvalue weighted by atomic mass is 19.1. The topological polar surface area (TPSA) is 71.2 Å². The number of nitrogens with zero attached hydrogens (tertiary/aromatic N) is 4. The van der Waals surface area contributed by atoms with Crippen LogP contribution in [0.1, 0.15) is 56.4 Å². The molecule has 1 fully saturated rings. The van der Waals surface area contributed by atoms with Crippen molar-refractivity contribution < 1.29 is 13.9 Å². The van der Waals surface area contributed by atoms with E-state index in [1.165, 1.54) is 6.07 Å². The molecule has 1 aliphatic heterocycles. The number of likely N-dealkylation sites (tertiary alicyclic amines) is 1. The van der Waals surface area contributed by atoms with Crippen LogP contribution in [0.5, 0.6) is 0 Å². The van der Waals surface area contributed by atoms with Crippen LogP contribution < -0.4 is 0 Å². The van der Waals surface area contributed by atoms with Gasteiger partial charge in [0.15, 0.2) is 0 Å². The number of piperidine rings is 1. The van der Waals surface area contributed by atoms with Crippen molar-refractivity contribution in [1.82, 2.24) is 14.5 Å². The highest BCUT2D eigenvalue weighted by molar-refractivity contribution is 5.76. The summed E-state index contributed by atoms with van der Waals surface area (Å²) >= 11 is 0. The van der Waals surface area contributed by atoms with Crippen LogP contribution >= 0.6 is 0 Å². The Morgan fingerprint density at radius 1 is 1.22 bits per heavy atom. The van der Waals surface area contributed by atoms with Crippen molar-refractivity contribution in [3.05, 3.63) is 65.2 Å². The van der Waals surface area contributed by atoms with E-state index in [1.807, 2.05) is 55.8 Å². The molecule has 2 aromatic heterocycles. The number of halogens is 1. The molecule has 1 aliphatic rings. The summed E-state index contributed by atoms with van der Waals surface area (Å²) in [4.78, 5) is 19.0. The lowest BCUT2D eigenvalue weighted by Gasteiger charge is -2.33. The Bertz CT molecular complexity index is 1180. The Kier molecular flexibility index (Phi) is 5.88. The molecule has 0 bridgehead atoms. The van der Waals surface area contributed by atoms with E-state index >= 15 is 0 Å². The maximum absolute atomic E-state index is 14.4. The van der Waals surface area contributed by atoms with Gasteiger partial charge in [-0.15, -0.1) is 0 Å². The second-order valence-electron chi connectivity index (χ2n) is 9.25. The van der Waals surface area contributed by atoms with Crippen molar-refractivity contribution >= 4 is 17.1 Å². The molecule has 0 aliphatic carbocycles. The van der Waals surface area contributed by atoms with Gasteiger partial charge in [0.25, 0.3) is 0 Å². The van der Waals surface area contributed by atoms with Crippen LogP contribution in [0.15, 0.2) is 42.6 Å². The van der Waals surface area contributed by atoms with Crippen LogP contribution in [-0.4, -0.2) is 39.2 Å². The molecule has 3 aromatic rings. The van der Waals surface area contributed by atoms with Gasteiger partial charge in [-0.3, -0.25) is 0 Å². The van der Waals surface area contributed by atoms with E-state index in [0.717, 1.165) is 29.6 Å². The molecule has 3 heterocycles. The van der Waals surface area contributed by atoms with Crippen LogP contribution in [0.25, 0.3) is 11.0 Å². The van der Waals surface area contributed by atoms with E-state index in [-0.39, 0.29) is 12.0 Å². The third kappa shape index (κ3) is 4.75. The average Bonchev–Trinajstić information content (AvgIpc) is 3.16. The Hall–Kier alpha value is -3.40. The normalized spacial score (nSPS) is 15.0. The molecule has 0 saturated carbocycles. The van der Waals surface area contributed by atoms with E-state index in [1.54, 1.807) is 17.0 Å². The van der Waals surface area contributed by atoms with Crippen LogP contribution in [-0.2, 0) is 11.3 Å². The van der Waals surface area contributed by atoms with Gasteiger partial charge < -0.3 is 14.2 Å². The number of benzene rings is 1. The molecule has 166 valence electrons. The first kappa shape index (κ1) is 21.8. The minimum atomic E-state index is -0.500.